The fourth-order valence-corrected chi connectivity index (χ4v) is 2.36. The zero-order chi connectivity index (χ0) is 11.8. The first-order valence-electron chi connectivity index (χ1n) is 5.85. The molecule has 1 aliphatic rings. The fraction of sp³-hybridized carbons (Fsp3) is 0.308. The Balaban J connectivity index is 2.19. The van der Waals surface area contributed by atoms with Crippen LogP contribution in [0, 0.1) is 0 Å². The summed E-state index contributed by atoms with van der Waals surface area (Å²) in [6.45, 7) is 0.972. The molecule has 2 heterocycles. The van der Waals surface area contributed by atoms with Crippen LogP contribution in [-0.4, -0.2) is 21.4 Å². The van der Waals surface area contributed by atoms with Crippen LogP contribution in [0.2, 0.25) is 0 Å². The molecule has 1 aliphatic heterocycles. The summed E-state index contributed by atoms with van der Waals surface area (Å²) >= 11 is 0. The summed E-state index contributed by atoms with van der Waals surface area (Å²) in [5, 5.41) is 17.8. The van der Waals surface area contributed by atoms with Gasteiger partial charge in [0.05, 0.1) is 11.4 Å². The Morgan fingerprint density at radius 3 is 3.00 bits per heavy atom. The molecule has 17 heavy (non-hydrogen) atoms. The highest BCUT2D eigenvalue weighted by atomic mass is 16.3. The summed E-state index contributed by atoms with van der Waals surface area (Å²) in [5.74, 6) is 0.278. The van der Waals surface area contributed by atoms with Crippen LogP contribution in [0.5, 0.6) is 5.75 Å². The summed E-state index contributed by atoms with van der Waals surface area (Å²) < 4.78 is 1.91. The van der Waals surface area contributed by atoms with E-state index in [2.05, 4.69) is 10.4 Å². The Kier molecular flexibility index (Phi) is 2.28. The zero-order valence-electron chi connectivity index (χ0n) is 9.77. The minimum atomic E-state index is 0.278. The van der Waals surface area contributed by atoms with Gasteiger partial charge >= 0.3 is 0 Å². The molecule has 2 N–H and O–H groups in total. The third-order valence-electron chi connectivity index (χ3n) is 3.22. The van der Waals surface area contributed by atoms with Crippen LogP contribution in [0.4, 0.5) is 5.69 Å². The summed E-state index contributed by atoms with van der Waals surface area (Å²) in [5.41, 5.74) is 3.92. The topological polar surface area (TPSA) is 50.1 Å². The number of hydrogen-bond donors (Lipinski definition) is 2. The largest absolute Gasteiger partial charge is 0.507 e. The first kappa shape index (κ1) is 10.2. The maximum Gasteiger partial charge on any atom is 0.125 e. The van der Waals surface area contributed by atoms with Crippen molar-refractivity contribution in [1.29, 1.82) is 0 Å². The summed E-state index contributed by atoms with van der Waals surface area (Å²) in [6.07, 6.45) is 2.17. The van der Waals surface area contributed by atoms with Gasteiger partial charge in [0, 0.05) is 19.2 Å². The van der Waals surface area contributed by atoms with Crippen molar-refractivity contribution in [3.05, 3.63) is 30.0 Å². The second kappa shape index (κ2) is 3.80. The monoisotopic (exact) mass is 229 g/mol. The van der Waals surface area contributed by atoms with Crippen LogP contribution in [0.1, 0.15) is 12.1 Å². The number of fused-ring (bicyclic) bond motifs is 1. The van der Waals surface area contributed by atoms with Crippen LogP contribution >= 0.6 is 0 Å². The Labute approximate surface area is 99.9 Å². The molecule has 3 rings (SSSR count). The fourth-order valence-electron chi connectivity index (χ4n) is 2.36. The normalized spacial score (nSPS) is 14.2. The summed E-state index contributed by atoms with van der Waals surface area (Å²) in [7, 11) is 1.95. The first-order chi connectivity index (χ1) is 8.27. The SMILES string of the molecule is Cn1nc(-c2ccccc2O)c2c1CCCN2. The number of nitrogens with one attached hydrogen (secondary N) is 1. The maximum atomic E-state index is 9.90. The second-order valence-corrected chi connectivity index (χ2v) is 4.34. The lowest BCUT2D eigenvalue weighted by Gasteiger charge is -2.15. The molecule has 1 aromatic carbocycles. The Bertz CT molecular complexity index is 560. The molecule has 0 fully saturated rings. The van der Waals surface area contributed by atoms with Crippen LogP contribution < -0.4 is 5.32 Å². The smallest absolute Gasteiger partial charge is 0.125 e. The van der Waals surface area contributed by atoms with Crippen molar-refractivity contribution in [2.24, 2.45) is 7.05 Å². The number of anilines is 1. The predicted molar refractivity (Wildman–Crippen MR) is 67.1 cm³/mol. The molecule has 0 aliphatic carbocycles. The molecule has 0 amide bonds. The molecule has 2 aromatic rings. The van der Waals surface area contributed by atoms with Gasteiger partial charge in [0.2, 0.25) is 0 Å². The van der Waals surface area contributed by atoms with E-state index in [0.29, 0.717) is 0 Å². The molecule has 1 aromatic heterocycles. The Morgan fingerprint density at radius 2 is 2.18 bits per heavy atom. The van der Waals surface area contributed by atoms with Gasteiger partial charge in [-0.3, -0.25) is 4.68 Å². The number of aromatic nitrogens is 2. The first-order valence-corrected chi connectivity index (χ1v) is 5.85. The van der Waals surface area contributed by atoms with Crippen molar-refractivity contribution >= 4 is 5.69 Å². The van der Waals surface area contributed by atoms with Crippen molar-refractivity contribution in [1.82, 2.24) is 9.78 Å². The van der Waals surface area contributed by atoms with Crippen molar-refractivity contribution in [3.63, 3.8) is 0 Å². The lowest BCUT2D eigenvalue weighted by molar-refractivity contribution is 0.477. The van der Waals surface area contributed by atoms with Crippen molar-refractivity contribution in [3.8, 4) is 17.0 Å². The second-order valence-electron chi connectivity index (χ2n) is 4.34. The van der Waals surface area contributed by atoms with Crippen molar-refractivity contribution in [2.45, 2.75) is 12.8 Å². The van der Waals surface area contributed by atoms with Crippen LogP contribution in [0.15, 0.2) is 24.3 Å². The highest BCUT2D eigenvalue weighted by molar-refractivity contribution is 5.80. The molecule has 4 heteroatoms. The average molecular weight is 229 g/mol. The molecule has 0 spiro atoms. The number of rotatable bonds is 1. The van der Waals surface area contributed by atoms with E-state index in [0.717, 1.165) is 36.3 Å². The third kappa shape index (κ3) is 1.56. The van der Waals surface area contributed by atoms with E-state index in [1.807, 2.05) is 29.9 Å². The van der Waals surface area contributed by atoms with Crippen LogP contribution in [-0.2, 0) is 13.5 Å². The lowest BCUT2D eigenvalue weighted by Crippen LogP contribution is -2.13. The Hall–Kier alpha value is -1.97. The van der Waals surface area contributed by atoms with Gasteiger partial charge in [-0.25, -0.2) is 0 Å². The molecule has 0 saturated heterocycles. The molecular weight excluding hydrogens is 214 g/mol. The van der Waals surface area contributed by atoms with Crippen molar-refractivity contribution in [2.75, 3.05) is 11.9 Å². The van der Waals surface area contributed by atoms with Gasteiger partial charge in [-0.15, -0.1) is 0 Å². The van der Waals surface area contributed by atoms with E-state index < -0.39 is 0 Å². The molecule has 0 bridgehead atoms. The molecular formula is C13H15N3O. The number of aromatic hydroxyl groups is 1. The van der Waals surface area contributed by atoms with Gasteiger partial charge in [-0.2, -0.15) is 5.10 Å². The van der Waals surface area contributed by atoms with E-state index in [1.54, 1.807) is 6.07 Å². The van der Waals surface area contributed by atoms with Crippen LogP contribution in [0.3, 0.4) is 0 Å². The number of aryl methyl sites for hydroxylation is 1. The minimum Gasteiger partial charge on any atom is -0.507 e. The van der Waals surface area contributed by atoms with Gasteiger partial charge in [-0.05, 0) is 25.0 Å². The number of hydrogen-bond acceptors (Lipinski definition) is 3. The predicted octanol–water partition coefficient (Wildman–Crippen LogP) is 2.15. The maximum absolute atomic E-state index is 9.90. The number of para-hydroxylation sites is 1. The molecule has 4 nitrogen and oxygen atoms in total. The molecule has 0 unspecified atom stereocenters. The van der Waals surface area contributed by atoms with E-state index in [4.69, 9.17) is 0 Å². The van der Waals surface area contributed by atoms with Gasteiger partial charge < -0.3 is 10.4 Å². The number of phenolic OH excluding ortho intramolecular Hbond substituents is 1. The standard InChI is InChI=1S/C13H15N3O/c1-16-10-6-4-8-14-13(10)12(15-16)9-5-2-3-7-11(9)17/h2-3,5,7,14,17H,4,6,8H2,1H3. The quantitative estimate of drug-likeness (QED) is 0.787. The summed E-state index contributed by atoms with van der Waals surface area (Å²) in [6, 6.07) is 7.33. The molecule has 88 valence electrons. The van der Waals surface area contributed by atoms with Gasteiger partial charge in [0.25, 0.3) is 0 Å². The number of phenols is 1. The van der Waals surface area contributed by atoms with E-state index in [9.17, 15) is 5.11 Å². The summed E-state index contributed by atoms with van der Waals surface area (Å²) in [4.78, 5) is 0. The highest BCUT2D eigenvalue weighted by Gasteiger charge is 2.21. The minimum absolute atomic E-state index is 0.278. The van der Waals surface area contributed by atoms with E-state index in [1.165, 1.54) is 5.69 Å². The van der Waals surface area contributed by atoms with Crippen molar-refractivity contribution < 1.29 is 5.11 Å². The molecule has 0 saturated carbocycles. The third-order valence-corrected chi connectivity index (χ3v) is 3.22. The van der Waals surface area contributed by atoms with Gasteiger partial charge in [-0.1, -0.05) is 12.1 Å². The Morgan fingerprint density at radius 1 is 1.35 bits per heavy atom. The van der Waals surface area contributed by atoms with Gasteiger partial charge in [0.1, 0.15) is 11.4 Å². The zero-order valence-corrected chi connectivity index (χ0v) is 9.77. The van der Waals surface area contributed by atoms with Gasteiger partial charge in [0.15, 0.2) is 0 Å². The highest BCUT2D eigenvalue weighted by Crippen LogP contribution is 2.36. The van der Waals surface area contributed by atoms with E-state index >= 15 is 0 Å². The van der Waals surface area contributed by atoms with Crippen LogP contribution in [0.25, 0.3) is 11.3 Å². The van der Waals surface area contributed by atoms with E-state index in [-0.39, 0.29) is 5.75 Å². The lowest BCUT2D eigenvalue weighted by atomic mass is 10.0. The number of nitrogens with zero attached hydrogens (tertiary/aromatic N) is 2. The number of benzene rings is 1. The average Bonchev–Trinajstić information content (AvgIpc) is 2.68. The molecule has 0 radical (unpaired) electrons. The molecule has 0 atom stereocenters.